The lowest BCUT2D eigenvalue weighted by molar-refractivity contribution is -0.137. The van der Waals surface area contributed by atoms with Gasteiger partial charge in [0.15, 0.2) is 0 Å². The van der Waals surface area contributed by atoms with E-state index in [9.17, 15) is 18.0 Å². The number of carbonyl (C=O) groups is 1. The summed E-state index contributed by atoms with van der Waals surface area (Å²) in [7, 11) is 0. The van der Waals surface area contributed by atoms with Gasteiger partial charge in [0.05, 0.1) is 17.9 Å². The Labute approximate surface area is 119 Å². The SMILES string of the molecule is NCCCOc1ccc(C(F)(F)F)cc1NC(=O)NS. The molecule has 0 spiro atoms. The van der Waals surface area contributed by atoms with Crippen molar-refractivity contribution in [2.24, 2.45) is 5.73 Å². The molecule has 0 saturated heterocycles. The minimum atomic E-state index is -4.51. The topological polar surface area (TPSA) is 76.4 Å². The van der Waals surface area contributed by atoms with E-state index in [1.54, 1.807) is 0 Å². The number of halogens is 3. The fraction of sp³-hybridized carbons (Fsp3) is 0.364. The fourth-order valence-corrected chi connectivity index (χ4v) is 1.40. The number of anilines is 1. The number of carbonyl (C=O) groups excluding carboxylic acids is 1. The molecule has 0 aromatic heterocycles. The van der Waals surface area contributed by atoms with Crippen molar-refractivity contribution in [1.82, 2.24) is 4.72 Å². The van der Waals surface area contributed by atoms with E-state index in [-0.39, 0.29) is 18.0 Å². The quantitative estimate of drug-likeness (QED) is 0.498. The standard InChI is InChI=1S/C11H14F3N3O2S/c12-11(13,14)7-2-3-9(19-5-1-4-15)8(6-7)16-10(18)17-20/h2-3,6,20H,1,4-5,15H2,(H2,16,17,18). The predicted octanol–water partition coefficient (Wildman–Crippen LogP) is 2.40. The molecule has 0 fully saturated rings. The number of urea groups is 1. The van der Waals surface area contributed by atoms with Crippen molar-refractivity contribution in [2.45, 2.75) is 12.6 Å². The second-order valence-corrected chi connectivity index (χ2v) is 3.99. The minimum Gasteiger partial charge on any atom is -0.491 e. The molecular weight excluding hydrogens is 295 g/mol. The van der Waals surface area contributed by atoms with Crippen LogP contribution in [0.15, 0.2) is 18.2 Å². The Hall–Kier alpha value is -1.61. The highest BCUT2D eigenvalue weighted by Crippen LogP contribution is 2.35. The first kappa shape index (κ1) is 16.4. The van der Waals surface area contributed by atoms with Crippen molar-refractivity contribution in [2.75, 3.05) is 18.5 Å². The minimum absolute atomic E-state index is 0.0941. The Morgan fingerprint density at radius 2 is 2.10 bits per heavy atom. The lowest BCUT2D eigenvalue weighted by Gasteiger charge is -2.15. The third-order valence-corrected chi connectivity index (χ3v) is 2.47. The molecule has 0 bridgehead atoms. The van der Waals surface area contributed by atoms with Crippen LogP contribution in [0.1, 0.15) is 12.0 Å². The summed E-state index contributed by atoms with van der Waals surface area (Å²) >= 11 is 3.51. The van der Waals surface area contributed by atoms with E-state index < -0.39 is 17.8 Å². The van der Waals surface area contributed by atoms with E-state index in [1.165, 1.54) is 0 Å². The van der Waals surface area contributed by atoms with Crippen molar-refractivity contribution in [3.8, 4) is 5.75 Å². The summed E-state index contributed by atoms with van der Waals surface area (Å²) in [6.45, 7) is 0.625. The largest absolute Gasteiger partial charge is 0.491 e. The zero-order chi connectivity index (χ0) is 15.2. The lowest BCUT2D eigenvalue weighted by atomic mass is 10.2. The maximum atomic E-state index is 12.6. The van der Waals surface area contributed by atoms with Gasteiger partial charge in [-0.05, 0) is 31.2 Å². The summed E-state index contributed by atoms with van der Waals surface area (Å²) in [5.74, 6) is 0.128. The second-order valence-electron chi connectivity index (χ2n) is 3.77. The summed E-state index contributed by atoms with van der Waals surface area (Å²) < 4.78 is 45.1. The Balaban J connectivity index is 3.00. The van der Waals surface area contributed by atoms with Crippen LogP contribution in [-0.4, -0.2) is 19.2 Å². The molecule has 0 aliphatic carbocycles. The predicted molar refractivity (Wildman–Crippen MR) is 71.8 cm³/mol. The molecule has 9 heteroatoms. The summed E-state index contributed by atoms with van der Waals surface area (Å²) in [5.41, 5.74) is 4.31. The Bertz CT molecular complexity index is 469. The first-order valence-electron chi connectivity index (χ1n) is 5.63. The smallest absolute Gasteiger partial charge is 0.416 e. The van der Waals surface area contributed by atoms with Crippen LogP contribution in [0.25, 0.3) is 0 Å². The van der Waals surface area contributed by atoms with Crippen molar-refractivity contribution in [3.05, 3.63) is 23.8 Å². The molecule has 20 heavy (non-hydrogen) atoms. The lowest BCUT2D eigenvalue weighted by Crippen LogP contribution is -2.21. The number of ether oxygens (including phenoxy) is 1. The van der Waals surface area contributed by atoms with E-state index in [0.29, 0.717) is 13.0 Å². The molecule has 0 aliphatic rings. The van der Waals surface area contributed by atoms with Gasteiger partial charge in [-0.3, -0.25) is 4.72 Å². The van der Waals surface area contributed by atoms with Crippen LogP contribution in [0, 0.1) is 0 Å². The number of rotatable bonds is 5. The van der Waals surface area contributed by atoms with Crippen LogP contribution >= 0.6 is 12.8 Å². The van der Waals surface area contributed by atoms with Crippen molar-refractivity contribution in [1.29, 1.82) is 0 Å². The van der Waals surface area contributed by atoms with Gasteiger partial charge in [0, 0.05) is 0 Å². The van der Waals surface area contributed by atoms with Crippen molar-refractivity contribution >= 4 is 24.5 Å². The number of hydrogen-bond donors (Lipinski definition) is 4. The molecule has 0 heterocycles. The van der Waals surface area contributed by atoms with Gasteiger partial charge in [-0.15, -0.1) is 0 Å². The van der Waals surface area contributed by atoms with Gasteiger partial charge >= 0.3 is 12.2 Å². The van der Waals surface area contributed by atoms with Crippen LogP contribution in [0.2, 0.25) is 0 Å². The van der Waals surface area contributed by atoms with Gasteiger partial charge in [0.1, 0.15) is 5.75 Å². The number of thiol groups is 1. The molecule has 5 nitrogen and oxygen atoms in total. The number of hydrogen-bond acceptors (Lipinski definition) is 4. The summed E-state index contributed by atoms with van der Waals surface area (Å²) in [5, 5.41) is 2.22. The molecule has 4 N–H and O–H groups in total. The van der Waals surface area contributed by atoms with Crippen LogP contribution in [-0.2, 0) is 6.18 Å². The summed E-state index contributed by atoms with van der Waals surface area (Å²) in [4.78, 5) is 11.2. The number of nitrogens with two attached hydrogens (primary N) is 1. The fourth-order valence-electron chi connectivity index (χ4n) is 1.35. The molecule has 0 aliphatic heterocycles. The Morgan fingerprint density at radius 1 is 1.40 bits per heavy atom. The summed E-state index contributed by atoms with van der Waals surface area (Å²) in [6, 6.07) is 2.05. The molecule has 112 valence electrons. The highest BCUT2D eigenvalue weighted by atomic mass is 32.1. The van der Waals surface area contributed by atoms with Crippen LogP contribution < -0.4 is 20.5 Å². The second kappa shape index (κ2) is 7.25. The molecule has 1 aromatic rings. The molecule has 0 radical (unpaired) electrons. The molecule has 2 amide bonds. The van der Waals surface area contributed by atoms with E-state index in [0.717, 1.165) is 18.2 Å². The zero-order valence-corrected chi connectivity index (χ0v) is 11.2. The van der Waals surface area contributed by atoms with Crippen LogP contribution in [0.4, 0.5) is 23.7 Å². The van der Waals surface area contributed by atoms with E-state index in [4.69, 9.17) is 10.5 Å². The van der Waals surface area contributed by atoms with Gasteiger partial charge in [0.25, 0.3) is 0 Å². The number of benzene rings is 1. The van der Waals surface area contributed by atoms with E-state index >= 15 is 0 Å². The van der Waals surface area contributed by atoms with Crippen LogP contribution in [0.3, 0.4) is 0 Å². The normalized spacial score (nSPS) is 11.1. The number of alkyl halides is 3. The average Bonchev–Trinajstić information content (AvgIpc) is 2.39. The van der Waals surface area contributed by atoms with Gasteiger partial charge in [-0.1, -0.05) is 12.8 Å². The number of nitrogens with one attached hydrogen (secondary N) is 2. The third kappa shape index (κ3) is 4.82. The first-order chi connectivity index (χ1) is 9.38. The Morgan fingerprint density at radius 3 is 2.65 bits per heavy atom. The molecule has 0 unspecified atom stereocenters. The van der Waals surface area contributed by atoms with Crippen molar-refractivity contribution < 1.29 is 22.7 Å². The molecule has 1 aromatic carbocycles. The first-order valence-corrected chi connectivity index (χ1v) is 6.08. The third-order valence-electron chi connectivity index (χ3n) is 2.26. The molecule has 1 rings (SSSR count). The molecule has 0 atom stereocenters. The van der Waals surface area contributed by atoms with Crippen LogP contribution in [0.5, 0.6) is 5.75 Å². The molecular formula is C11H14F3N3O2S. The molecule has 0 saturated carbocycles. The zero-order valence-electron chi connectivity index (χ0n) is 10.3. The van der Waals surface area contributed by atoms with Crippen molar-refractivity contribution in [3.63, 3.8) is 0 Å². The maximum absolute atomic E-state index is 12.6. The highest BCUT2D eigenvalue weighted by Gasteiger charge is 2.31. The average molecular weight is 309 g/mol. The number of amides is 2. The van der Waals surface area contributed by atoms with E-state index in [2.05, 4.69) is 18.1 Å². The Kier molecular flexibility index (Phi) is 5.96. The highest BCUT2D eigenvalue weighted by molar-refractivity contribution is 7.78. The van der Waals surface area contributed by atoms with E-state index in [1.807, 2.05) is 4.72 Å². The maximum Gasteiger partial charge on any atom is 0.416 e. The monoisotopic (exact) mass is 309 g/mol. The van der Waals surface area contributed by atoms with Gasteiger partial charge in [0.2, 0.25) is 0 Å². The van der Waals surface area contributed by atoms with Gasteiger partial charge < -0.3 is 15.8 Å². The van der Waals surface area contributed by atoms with Gasteiger partial charge in [-0.25, -0.2) is 4.79 Å². The van der Waals surface area contributed by atoms with Gasteiger partial charge in [-0.2, -0.15) is 13.2 Å². The summed E-state index contributed by atoms with van der Waals surface area (Å²) in [6.07, 6.45) is -3.97.